The largest absolute Gasteiger partial charge is 0.274 e. The van der Waals surface area contributed by atoms with Gasteiger partial charge in [-0.3, -0.25) is 9.59 Å². The van der Waals surface area contributed by atoms with E-state index < -0.39 is 0 Å². The highest BCUT2D eigenvalue weighted by molar-refractivity contribution is 6.42. The van der Waals surface area contributed by atoms with Crippen molar-refractivity contribution in [2.75, 3.05) is 4.90 Å². The Morgan fingerprint density at radius 2 is 1.55 bits per heavy atom. The molecule has 2 aliphatic carbocycles. The summed E-state index contributed by atoms with van der Waals surface area (Å²) in [6, 6.07) is 4.91. The number of hydrogen-bond donors (Lipinski definition) is 0. The molecular formula is C15H13Cl2NO2. The summed E-state index contributed by atoms with van der Waals surface area (Å²) in [5.41, 5.74) is 0.545. The molecule has 0 radical (unpaired) electrons. The molecule has 4 atom stereocenters. The van der Waals surface area contributed by atoms with Crippen molar-refractivity contribution in [1.82, 2.24) is 0 Å². The van der Waals surface area contributed by atoms with Crippen molar-refractivity contribution in [3.63, 3.8) is 0 Å². The average Bonchev–Trinajstić information content (AvgIpc) is 3.08. The second-order valence-electron chi connectivity index (χ2n) is 6.00. The molecule has 0 aromatic heterocycles. The Labute approximate surface area is 126 Å². The Morgan fingerprint density at radius 1 is 0.950 bits per heavy atom. The smallest absolute Gasteiger partial charge is 0.237 e. The summed E-state index contributed by atoms with van der Waals surface area (Å²) in [6.45, 7) is 0. The number of anilines is 1. The number of carbonyl (C=O) groups is 2. The lowest BCUT2D eigenvalue weighted by atomic mass is 9.81. The van der Waals surface area contributed by atoms with Crippen LogP contribution in [0.15, 0.2) is 18.2 Å². The number of halogens is 2. The zero-order chi connectivity index (χ0) is 14.0. The maximum Gasteiger partial charge on any atom is 0.237 e. The first-order chi connectivity index (χ1) is 9.58. The lowest BCUT2D eigenvalue weighted by Crippen LogP contribution is -2.32. The highest BCUT2D eigenvalue weighted by Gasteiger charge is 2.61. The van der Waals surface area contributed by atoms with Crippen LogP contribution in [0.3, 0.4) is 0 Å². The summed E-state index contributed by atoms with van der Waals surface area (Å²) >= 11 is 11.9. The molecule has 3 nitrogen and oxygen atoms in total. The molecule has 1 heterocycles. The van der Waals surface area contributed by atoms with Gasteiger partial charge in [0.15, 0.2) is 0 Å². The number of benzene rings is 1. The van der Waals surface area contributed by atoms with Crippen LogP contribution in [-0.4, -0.2) is 11.8 Å². The van der Waals surface area contributed by atoms with Crippen LogP contribution >= 0.6 is 23.2 Å². The van der Waals surface area contributed by atoms with Crippen LogP contribution < -0.4 is 4.90 Å². The van der Waals surface area contributed by atoms with Crippen LogP contribution in [0, 0.1) is 23.7 Å². The van der Waals surface area contributed by atoms with E-state index >= 15 is 0 Å². The van der Waals surface area contributed by atoms with E-state index in [4.69, 9.17) is 23.2 Å². The Balaban J connectivity index is 1.74. The molecule has 1 aromatic rings. The van der Waals surface area contributed by atoms with Crippen LogP contribution in [0.2, 0.25) is 10.0 Å². The monoisotopic (exact) mass is 309 g/mol. The van der Waals surface area contributed by atoms with Crippen molar-refractivity contribution in [3.8, 4) is 0 Å². The van der Waals surface area contributed by atoms with Crippen LogP contribution in [0.1, 0.15) is 19.3 Å². The number of carbonyl (C=O) groups excluding carboxylic acids is 2. The maximum atomic E-state index is 12.6. The molecule has 2 amide bonds. The molecule has 1 aliphatic heterocycles. The number of amides is 2. The lowest BCUT2D eigenvalue weighted by Gasteiger charge is -2.19. The molecule has 0 N–H and O–H groups in total. The highest BCUT2D eigenvalue weighted by atomic mass is 35.5. The van der Waals surface area contributed by atoms with Crippen LogP contribution in [0.5, 0.6) is 0 Å². The van der Waals surface area contributed by atoms with Gasteiger partial charge < -0.3 is 0 Å². The van der Waals surface area contributed by atoms with Crippen molar-refractivity contribution < 1.29 is 9.59 Å². The minimum absolute atomic E-state index is 0.0504. The third-order valence-corrected chi connectivity index (χ3v) is 5.83. The summed E-state index contributed by atoms with van der Waals surface area (Å²) in [7, 11) is 0. The standard InChI is InChI=1S/C15H13Cl2NO2/c16-10-4-3-9(6-11(10)17)18-14(19)12-7-1-2-8(5-7)13(12)15(18)20/h3-4,6-8,12-13H,1-2,5H2/t7-,8+,12-,13+. The minimum atomic E-state index is -0.101. The summed E-state index contributed by atoms with van der Waals surface area (Å²) in [4.78, 5) is 26.5. The molecular weight excluding hydrogens is 297 g/mol. The van der Waals surface area contributed by atoms with Crippen molar-refractivity contribution in [1.29, 1.82) is 0 Å². The molecule has 5 heteroatoms. The summed E-state index contributed by atoms with van der Waals surface area (Å²) < 4.78 is 0. The van der Waals surface area contributed by atoms with E-state index in [0.717, 1.165) is 19.3 Å². The predicted molar refractivity (Wildman–Crippen MR) is 76.8 cm³/mol. The van der Waals surface area contributed by atoms with Gasteiger partial charge in [0.25, 0.3) is 0 Å². The second-order valence-corrected chi connectivity index (χ2v) is 6.81. The molecule has 0 spiro atoms. The molecule has 1 saturated heterocycles. The molecule has 4 rings (SSSR count). The first-order valence-electron chi connectivity index (χ1n) is 6.91. The number of hydrogen-bond acceptors (Lipinski definition) is 2. The Kier molecular flexibility index (Phi) is 2.67. The molecule has 3 aliphatic rings. The van der Waals surface area contributed by atoms with E-state index in [-0.39, 0.29) is 23.7 Å². The van der Waals surface area contributed by atoms with Gasteiger partial charge in [-0.1, -0.05) is 23.2 Å². The Morgan fingerprint density at radius 3 is 2.10 bits per heavy atom. The SMILES string of the molecule is O=C1[C@@H]2[C@@H]3CC[C@@H](C3)[C@@H]2C(=O)N1c1ccc(Cl)c(Cl)c1. The van der Waals surface area contributed by atoms with Gasteiger partial charge >= 0.3 is 0 Å². The quantitative estimate of drug-likeness (QED) is 0.744. The number of rotatable bonds is 1. The van der Waals surface area contributed by atoms with Gasteiger partial charge in [-0.05, 0) is 49.3 Å². The van der Waals surface area contributed by atoms with Crippen LogP contribution in [-0.2, 0) is 9.59 Å². The molecule has 2 bridgehead atoms. The van der Waals surface area contributed by atoms with E-state index in [1.807, 2.05) is 0 Å². The zero-order valence-electron chi connectivity index (χ0n) is 10.7. The average molecular weight is 310 g/mol. The third-order valence-electron chi connectivity index (χ3n) is 5.09. The Bertz CT molecular complexity index is 602. The number of imide groups is 1. The minimum Gasteiger partial charge on any atom is -0.274 e. The second kappa shape index (κ2) is 4.22. The molecule has 0 unspecified atom stereocenters. The van der Waals surface area contributed by atoms with E-state index in [9.17, 15) is 9.59 Å². The number of fused-ring (bicyclic) bond motifs is 5. The molecule has 1 aromatic carbocycles. The molecule has 104 valence electrons. The van der Waals surface area contributed by atoms with Crippen molar-refractivity contribution in [3.05, 3.63) is 28.2 Å². The fraction of sp³-hybridized carbons (Fsp3) is 0.467. The van der Waals surface area contributed by atoms with E-state index in [0.29, 0.717) is 27.6 Å². The van der Waals surface area contributed by atoms with Gasteiger partial charge in [-0.15, -0.1) is 0 Å². The van der Waals surface area contributed by atoms with E-state index in [1.165, 1.54) is 4.90 Å². The molecule has 20 heavy (non-hydrogen) atoms. The van der Waals surface area contributed by atoms with Gasteiger partial charge in [0.05, 0.1) is 27.6 Å². The van der Waals surface area contributed by atoms with Crippen molar-refractivity contribution >= 4 is 40.7 Å². The van der Waals surface area contributed by atoms with Gasteiger partial charge in [0, 0.05) is 0 Å². The van der Waals surface area contributed by atoms with Gasteiger partial charge in [0.1, 0.15) is 0 Å². The molecule has 2 saturated carbocycles. The number of nitrogens with zero attached hydrogens (tertiary/aromatic N) is 1. The lowest BCUT2D eigenvalue weighted by molar-refractivity contribution is -0.123. The maximum absolute atomic E-state index is 12.6. The van der Waals surface area contributed by atoms with Crippen LogP contribution in [0.25, 0.3) is 0 Å². The van der Waals surface area contributed by atoms with Gasteiger partial charge in [-0.25, -0.2) is 4.90 Å². The normalized spacial score (nSPS) is 35.0. The first-order valence-corrected chi connectivity index (χ1v) is 7.66. The fourth-order valence-electron chi connectivity index (χ4n) is 4.29. The summed E-state index contributed by atoms with van der Waals surface area (Å²) in [6.07, 6.45) is 3.21. The predicted octanol–water partition coefficient (Wildman–Crippen LogP) is 3.53. The first kappa shape index (κ1) is 12.7. The fourth-order valence-corrected chi connectivity index (χ4v) is 4.58. The third kappa shape index (κ3) is 1.54. The highest BCUT2D eigenvalue weighted by Crippen LogP contribution is 2.56. The van der Waals surface area contributed by atoms with Crippen molar-refractivity contribution in [2.45, 2.75) is 19.3 Å². The van der Waals surface area contributed by atoms with Gasteiger partial charge in [-0.2, -0.15) is 0 Å². The van der Waals surface area contributed by atoms with E-state index in [2.05, 4.69) is 0 Å². The van der Waals surface area contributed by atoms with Crippen LogP contribution in [0.4, 0.5) is 5.69 Å². The summed E-state index contributed by atoms with van der Waals surface area (Å²) in [5.74, 6) is 0.492. The Hall–Kier alpha value is -1.06. The topological polar surface area (TPSA) is 37.4 Å². The summed E-state index contributed by atoms with van der Waals surface area (Å²) in [5, 5.41) is 0.791. The van der Waals surface area contributed by atoms with Crippen molar-refractivity contribution in [2.24, 2.45) is 23.7 Å². The van der Waals surface area contributed by atoms with Gasteiger partial charge in [0.2, 0.25) is 11.8 Å². The van der Waals surface area contributed by atoms with E-state index in [1.54, 1.807) is 18.2 Å². The molecule has 3 fully saturated rings. The zero-order valence-corrected chi connectivity index (χ0v) is 12.2.